The first-order chi connectivity index (χ1) is 7.29. The molecular formula is C13H26N2. The molecule has 2 fully saturated rings. The minimum Gasteiger partial charge on any atom is -0.306 e. The van der Waals surface area contributed by atoms with Crippen molar-refractivity contribution < 1.29 is 0 Å². The Hall–Kier alpha value is -0.0800. The van der Waals surface area contributed by atoms with Crippen LogP contribution in [0.3, 0.4) is 0 Å². The van der Waals surface area contributed by atoms with Gasteiger partial charge in [0.15, 0.2) is 0 Å². The van der Waals surface area contributed by atoms with Crippen molar-refractivity contribution in [1.82, 2.24) is 9.80 Å². The maximum atomic E-state index is 2.78. The fraction of sp³-hybridized carbons (Fsp3) is 1.00. The number of piperidine rings is 1. The van der Waals surface area contributed by atoms with Gasteiger partial charge < -0.3 is 9.80 Å². The molecule has 2 rings (SSSR count). The second kappa shape index (κ2) is 5.31. The van der Waals surface area contributed by atoms with Gasteiger partial charge in [-0.05, 0) is 64.7 Å². The van der Waals surface area contributed by atoms with E-state index in [0.29, 0.717) is 0 Å². The Labute approximate surface area is 94.6 Å². The second-order valence-electron chi connectivity index (χ2n) is 5.47. The van der Waals surface area contributed by atoms with Crippen LogP contribution < -0.4 is 0 Å². The van der Waals surface area contributed by atoms with Crippen molar-refractivity contribution in [3.63, 3.8) is 0 Å². The largest absolute Gasteiger partial charge is 0.306 e. The summed E-state index contributed by atoms with van der Waals surface area (Å²) in [7, 11) is 2.25. The molecule has 88 valence electrons. The quantitative estimate of drug-likeness (QED) is 0.686. The van der Waals surface area contributed by atoms with E-state index in [0.717, 1.165) is 12.0 Å². The Kier molecular flexibility index (Phi) is 4.04. The first kappa shape index (κ1) is 11.4. The summed E-state index contributed by atoms with van der Waals surface area (Å²) in [6, 6.07) is 0.891. The van der Waals surface area contributed by atoms with Crippen molar-refractivity contribution >= 4 is 0 Å². The standard InChI is InChI=1S/C13H26N2/c1-3-8-15(11-12-4-5-12)13-6-9-14(2)10-7-13/h12-13H,3-11H2,1-2H3. The molecule has 0 aromatic rings. The van der Waals surface area contributed by atoms with E-state index in [1.54, 1.807) is 0 Å². The van der Waals surface area contributed by atoms with Crippen LogP contribution in [0, 0.1) is 5.92 Å². The van der Waals surface area contributed by atoms with Gasteiger partial charge in [0.05, 0.1) is 0 Å². The van der Waals surface area contributed by atoms with Gasteiger partial charge in [0.2, 0.25) is 0 Å². The summed E-state index contributed by atoms with van der Waals surface area (Å²) in [4.78, 5) is 5.25. The Bertz CT molecular complexity index is 181. The molecule has 2 heteroatoms. The van der Waals surface area contributed by atoms with Crippen LogP contribution in [0.5, 0.6) is 0 Å². The van der Waals surface area contributed by atoms with Crippen LogP contribution in [0.4, 0.5) is 0 Å². The predicted molar refractivity (Wildman–Crippen MR) is 65.1 cm³/mol. The van der Waals surface area contributed by atoms with Gasteiger partial charge in [-0.1, -0.05) is 6.92 Å². The minimum absolute atomic E-state index is 0.891. The molecule has 2 aliphatic rings. The summed E-state index contributed by atoms with van der Waals surface area (Å²) in [6.45, 7) is 7.63. The fourth-order valence-electron chi connectivity index (χ4n) is 2.70. The third kappa shape index (κ3) is 3.46. The maximum absolute atomic E-state index is 2.78. The molecule has 2 nitrogen and oxygen atoms in total. The fourth-order valence-corrected chi connectivity index (χ4v) is 2.70. The molecule has 0 amide bonds. The lowest BCUT2D eigenvalue weighted by Gasteiger charge is -2.37. The topological polar surface area (TPSA) is 6.48 Å². The summed E-state index contributed by atoms with van der Waals surface area (Å²) in [5, 5.41) is 0. The van der Waals surface area contributed by atoms with Crippen LogP contribution in [0.2, 0.25) is 0 Å². The molecule has 0 unspecified atom stereocenters. The van der Waals surface area contributed by atoms with Crippen LogP contribution in [-0.4, -0.2) is 49.1 Å². The highest BCUT2D eigenvalue weighted by Gasteiger charge is 2.28. The lowest BCUT2D eigenvalue weighted by atomic mass is 10.0. The van der Waals surface area contributed by atoms with Crippen molar-refractivity contribution in [3.05, 3.63) is 0 Å². The first-order valence-electron chi connectivity index (χ1n) is 6.72. The zero-order chi connectivity index (χ0) is 10.7. The van der Waals surface area contributed by atoms with Crippen LogP contribution in [0.15, 0.2) is 0 Å². The van der Waals surface area contributed by atoms with Crippen LogP contribution >= 0.6 is 0 Å². The SMILES string of the molecule is CCCN(CC1CC1)C1CCN(C)CC1. The molecule has 0 spiro atoms. The van der Waals surface area contributed by atoms with Gasteiger partial charge in [-0.25, -0.2) is 0 Å². The third-order valence-corrected chi connectivity index (χ3v) is 3.90. The van der Waals surface area contributed by atoms with Gasteiger partial charge >= 0.3 is 0 Å². The number of hydrogen-bond donors (Lipinski definition) is 0. The van der Waals surface area contributed by atoms with Crippen LogP contribution in [0.1, 0.15) is 39.0 Å². The van der Waals surface area contributed by atoms with Crippen LogP contribution in [-0.2, 0) is 0 Å². The van der Waals surface area contributed by atoms with E-state index in [9.17, 15) is 0 Å². The van der Waals surface area contributed by atoms with Gasteiger partial charge in [-0.3, -0.25) is 0 Å². The average molecular weight is 210 g/mol. The predicted octanol–water partition coefficient (Wildman–Crippen LogP) is 2.20. The summed E-state index contributed by atoms with van der Waals surface area (Å²) in [5.41, 5.74) is 0. The number of likely N-dealkylation sites (tertiary alicyclic amines) is 1. The van der Waals surface area contributed by atoms with E-state index in [1.807, 2.05) is 0 Å². The van der Waals surface area contributed by atoms with Gasteiger partial charge in [-0.15, -0.1) is 0 Å². The normalized spacial score (nSPS) is 25.0. The Balaban J connectivity index is 1.79. The zero-order valence-electron chi connectivity index (χ0n) is 10.4. The highest BCUT2D eigenvalue weighted by Crippen LogP contribution is 2.31. The molecule has 1 aliphatic carbocycles. The highest BCUT2D eigenvalue weighted by molar-refractivity contribution is 4.83. The molecule has 0 bridgehead atoms. The molecule has 0 aromatic heterocycles. The Morgan fingerprint density at radius 3 is 2.33 bits per heavy atom. The number of nitrogens with zero attached hydrogens (tertiary/aromatic N) is 2. The first-order valence-corrected chi connectivity index (χ1v) is 6.72. The lowest BCUT2D eigenvalue weighted by Crippen LogP contribution is -2.44. The monoisotopic (exact) mass is 210 g/mol. The van der Waals surface area contributed by atoms with E-state index in [-0.39, 0.29) is 0 Å². The molecule has 1 heterocycles. The Morgan fingerprint density at radius 2 is 1.80 bits per heavy atom. The van der Waals surface area contributed by atoms with E-state index in [2.05, 4.69) is 23.8 Å². The summed E-state index contributed by atoms with van der Waals surface area (Å²) in [6.07, 6.45) is 7.09. The van der Waals surface area contributed by atoms with E-state index in [4.69, 9.17) is 0 Å². The lowest BCUT2D eigenvalue weighted by molar-refractivity contribution is 0.116. The highest BCUT2D eigenvalue weighted by atomic mass is 15.2. The maximum Gasteiger partial charge on any atom is 0.0120 e. The molecule has 0 N–H and O–H groups in total. The minimum atomic E-state index is 0.891. The van der Waals surface area contributed by atoms with Gasteiger partial charge in [-0.2, -0.15) is 0 Å². The van der Waals surface area contributed by atoms with Crippen molar-refractivity contribution in [3.8, 4) is 0 Å². The molecule has 1 aliphatic heterocycles. The smallest absolute Gasteiger partial charge is 0.0120 e. The third-order valence-electron chi connectivity index (χ3n) is 3.90. The average Bonchev–Trinajstić information content (AvgIpc) is 3.02. The van der Waals surface area contributed by atoms with Gasteiger partial charge in [0.1, 0.15) is 0 Å². The second-order valence-corrected chi connectivity index (χ2v) is 5.47. The van der Waals surface area contributed by atoms with Gasteiger partial charge in [0.25, 0.3) is 0 Å². The molecule has 0 aromatic carbocycles. The van der Waals surface area contributed by atoms with Gasteiger partial charge in [0, 0.05) is 12.6 Å². The van der Waals surface area contributed by atoms with Crippen molar-refractivity contribution in [2.24, 2.45) is 5.92 Å². The zero-order valence-corrected chi connectivity index (χ0v) is 10.4. The molecule has 1 saturated heterocycles. The van der Waals surface area contributed by atoms with Crippen molar-refractivity contribution in [1.29, 1.82) is 0 Å². The molecule has 0 atom stereocenters. The van der Waals surface area contributed by atoms with Crippen LogP contribution in [0.25, 0.3) is 0 Å². The van der Waals surface area contributed by atoms with E-state index >= 15 is 0 Å². The summed E-state index contributed by atoms with van der Waals surface area (Å²) in [5.74, 6) is 1.05. The van der Waals surface area contributed by atoms with Crippen molar-refractivity contribution in [2.45, 2.75) is 45.1 Å². The summed E-state index contributed by atoms with van der Waals surface area (Å²) < 4.78 is 0. The molecule has 1 saturated carbocycles. The van der Waals surface area contributed by atoms with Crippen molar-refractivity contribution in [2.75, 3.05) is 33.2 Å². The van der Waals surface area contributed by atoms with E-state index in [1.165, 1.54) is 58.3 Å². The van der Waals surface area contributed by atoms with E-state index < -0.39 is 0 Å². The Morgan fingerprint density at radius 1 is 1.13 bits per heavy atom. The number of rotatable bonds is 5. The number of hydrogen-bond acceptors (Lipinski definition) is 2. The molecule has 0 radical (unpaired) electrons. The summed E-state index contributed by atoms with van der Waals surface area (Å²) >= 11 is 0. The molecule has 15 heavy (non-hydrogen) atoms. The molecular weight excluding hydrogens is 184 g/mol.